The van der Waals surface area contributed by atoms with Gasteiger partial charge < -0.3 is 15.5 Å². The lowest BCUT2D eigenvalue weighted by molar-refractivity contribution is -0.116. The molecule has 0 atom stereocenters. The number of hydrogen-bond acceptors (Lipinski definition) is 7. The standard InChI is InChI=1S/C28H33N5O3S2/c1-6-24(34)29-11-8-12-30-27(36)22-15-23(19(3)13-18(22)2)37-25-16-31-28(38-25)32-26(35)21-10-7-9-20(14-21)17-33(4)5/h6-7,9-10,13-16H,1,8,11-12,17H2,2-5H3,(H,29,34)(H,30,36)(H,31,32,35). The van der Waals surface area contributed by atoms with Gasteiger partial charge in [0.05, 0.1) is 10.4 Å². The van der Waals surface area contributed by atoms with Gasteiger partial charge in [-0.1, -0.05) is 47.9 Å². The number of aryl methyl sites for hydroxylation is 2. The lowest BCUT2D eigenvalue weighted by Crippen LogP contribution is -2.29. The highest BCUT2D eigenvalue weighted by Gasteiger charge is 2.15. The lowest BCUT2D eigenvalue weighted by atomic mass is 10.1. The molecular formula is C28H33N5O3S2. The number of hydrogen-bond donors (Lipinski definition) is 3. The molecule has 3 aromatic rings. The summed E-state index contributed by atoms with van der Waals surface area (Å²) in [6.07, 6.45) is 3.57. The summed E-state index contributed by atoms with van der Waals surface area (Å²) in [4.78, 5) is 44.1. The number of rotatable bonds is 12. The predicted molar refractivity (Wildman–Crippen MR) is 154 cm³/mol. The summed E-state index contributed by atoms with van der Waals surface area (Å²) < 4.78 is 0.901. The van der Waals surface area contributed by atoms with Gasteiger partial charge in [-0.15, -0.1) is 0 Å². The van der Waals surface area contributed by atoms with Crippen LogP contribution in [0.25, 0.3) is 0 Å². The Morgan fingerprint density at radius 2 is 1.82 bits per heavy atom. The van der Waals surface area contributed by atoms with Crippen LogP contribution in [0.1, 0.15) is 43.8 Å². The quantitative estimate of drug-likeness (QED) is 0.224. The van der Waals surface area contributed by atoms with E-state index in [1.165, 1.54) is 29.2 Å². The predicted octanol–water partition coefficient (Wildman–Crippen LogP) is 4.65. The molecule has 0 aliphatic heterocycles. The van der Waals surface area contributed by atoms with Gasteiger partial charge in [0.15, 0.2) is 5.13 Å². The molecule has 1 aromatic heterocycles. The average molecular weight is 552 g/mol. The van der Waals surface area contributed by atoms with Crippen LogP contribution in [-0.4, -0.2) is 54.8 Å². The van der Waals surface area contributed by atoms with Gasteiger partial charge in [-0.3, -0.25) is 19.7 Å². The number of carbonyl (C=O) groups is 3. The van der Waals surface area contributed by atoms with E-state index in [2.05, 4.69) is 32.4 Å². The summed E-state index contributed by atoms with van der Waals surface area (Å²) in [5.74, 6) is -0.591. The molecule has 10 heteroatoms. The number of benzene rings is 2. The monoisotopic (exact) mass is 551 g/mol. The maximum absolute atomic E-state index is 12.8. The van der Waals surface area contributed by atoms with Crippen LogP contribution >= 0.6 is 23.1 Å². The summed E-state index contributed by atoms with van der Waals surface area (Å²) in [5, 5.41) is 9.00. The third-order valence-electron chi connectivity index (χ3n) is 5.49. The highest BCUT2D eigenvalue weighted by Crippen LogP contribution is 2.37. The first kappa shape index (κ1) is 29.1. The number of carbonyl (C=O) groups excluding carboxylic acids is 3. The minimum atomic E-state index is -0.229. The Labute approximate surface area is 231 Å². The second kappa shape index (κ2) is 13.9. The molecule has 0 saturated heterocycles. The molecule has 0 aliphatic rings. The molecule has 0 aliphatic carbocycles. The Bertz CT molecular complexity index is 1320. The first-order valence-electron chi connectivity index (χ1n) is 12.1. The third kappa shape index (κ3) is 8.54. The lowest BCUT2D eigenvalue weighted by Gasteiger charge is -2.12. The Morgan fingerprint density at radius 3 is 2.55 bits per heavy atom. The van der Waals surface area contributed by atoms with Gasteiger partial charge in [-0.2, -0.15) is 0 Å². The van der Waals surface area contributed by atoms with Crippen molar-refractivity contribution in [2.75, 3.05) is 32.5 Å². The minimum absolute atomic E-state index is 0.159. The van der Waals surface area contributed by atoms with Crippen LogP contribution in [0.5, 0.6) is 0 Å². The van der Waals surface area contributed by atoms with E-state index in [1.54, 1.807) is 12.3 Å². The zero-order chi connectivity index (χ0) is 27.7. The molecule has 1 heterocycles. The topological polar surface area (TPSA) is 103 Å². The molecule has 38 heavy (non-hydrogen) atoms. The zero-order valence-corrected chi connectivity index (χ0v) is 23.7. The number of nitrogens with one attached hydrogen (secondary N) is 3. The summed E-state index contributed by atoms with van der Waals surface area (Å²) >= 11 is 2.89. The van der Waals surface area contributed by atoms with E-state index in [4.69, 9.17) is 0 Å². The van der Waals surface area contributed by atoms with Crippen LogP contribution < -0.4 is 16.0 Å². The van der Waals surface area contributed by atoms with Gasteiger partial charge in [0, 0.05) is 35.7 Å². The van der Waals surface area contributed by atoms with Crippen LogP contribution in [0.2, 0.25) is 0 Å². The molecule has 0 fully saturated rings. The maximum atomic E-state index is 12.8. The van der Waals surface area contributed by atoms with Gasteiger partial charge in [0.2, 0.25) is 5.91 Å². The number of nitrogens with zero attached hydrogens (tertiary/aromatic N) is 2. The summed E-state index contributed by atoms with van der Waals surface area (Å²) in [5.41, 5.74) is 4.18. The molecule has 3 rings (SSSR count). The molecule has 0 saturated carbocycles. The Balaban J connectivity index is 1.62. The van der Waals surface area contributed by atoms with Crippen molar-refractivity contribution in [3.63, 3.8) is 0 Å². The first-order valence-corrected chi connectivity index (χ1v) is 13.8. The molecule has 0 bridgehead atoms. The smallest absolute Gasteiger partial charge is 0.257 e. The SMILES string of the molecule is C=CC(=O)NCCCNC(=O)c1cc(Sc2cnc(NC(=O)c3cccc(CN(C)C)c3)s2)c(C)cc1C. The van der Waals surface area contributed by atoms with Gasteiger partial charge >= 0.3 is 0 Å². The molecular weight excluding hydrogens is 518 g/mol. The minimum Gasteiger partial charge on any atom is -0.353 e. The number of aromatic nitrogens is 1. The second-order valence-electron chi connectivity index (χ2n) is 9.02. The highest BCUT2D eigenvalue weighted by atomic mass is 32.2. The number of amides is 3. The van der Waals surface area contributed by atoms with Crippen LogP contribution in [0.15, 0.2) is 64.4 Å². The fourth-order valence-electron chi connectivity index (χ4n) is 3.67. The fourth-order valence-corrected chi connectivity index (χ4v) is 5.61. The van der Waals surface area contributed by atoms with Crippen LogP contribution in [0.3, 0.4) is 0 Å². The van der Waals surface area contributed by atoms with Crippen molar-refractivity contribution in [1.29, 1.82) is 0 Å². The Hall–Kier alpha value is -3.47. The van der Waals surface area contributed by atoms with Crippen molar-refractivity contribution in [2.45, 2.75) is 35.9 Å². The van der Waals surface area contributed by atoms with Crippen LogP contribution in [-0.2, 0) is 11.3 Å². The van der Waals surface area contributed by atoms with E-state index >= 15 is 0 Å². The summed E-state index contributed by atoms with van der Waals surface area (Å²) in [6.45, 7) is 8.99. The van der Waals surface area contributed by atoms with Crippen LogP contribution in [0.4, 0.5) is 5.13 Å². The molecule has 0 unspecified atom stereocenters. The largest absolute Gasteiger partial charge is 0.353 e. The van der Waals surface area contributed by atoms with Gasteiger partial charge in [-0.25, -0.2) is 4.98 Å². The number of thiazole rings is 1. The first-order chi connectivity index (χ1) is 18.2. The summed E-state index contributed by atoms with van der Waals surface area (Å²) in [6, 6.07) is 11.4. The molecule has 8 nitrogen and oxygen atoms in total. The molecule has 3 N–H and O–H groups in total. The van der Waals surface area contributed by atoms with E-state index in [9.17, 15) is 14.4 Å². The van der Waals surface area contributed by atoms with E-state index in [0.29, 0.717) is 35.8 Å². The van der Waals surface area contributed by atoms with E-state index < -0.39 is 0 Å². The normalized spacial score (nSPS) is 10.8. The molecule has 200 valence electrons. The van der Waals surface area contributed by atoms with Crippen molar-refractivity contribution in [3.8, 4) is 0 Å². The average Bonchev–Trinajstić information content (AvgIpc) is 3.31. The van der Waals surface area contributed by atoms with Crippen molar-refractivity contribution in [3.05, 3.63) is 83.1 Å². The van der Waals surface area contributed by atoms with E-state index in [1.807, 2.05) is 58.3 Å². The van der Waals surface area contributed by atoms with Crippen molar-refractivity contribution >= 4 is 46.0 Å². The van der Waals surface area contributed by atoms with Crippen molar-refractivity contribution in [2.24, 2.45) is 0 Å². The van der Waals surface area contributed by atoms with Gasteiger partial charge in [0.25, 0.3) is 11.8 Å². The van der Waals surface area contributed by atoms with Gasteiger partial charge in [-0.05, 0) is 75.3 Å². The third-order valence-corrected chi connectivity index (χ3v) is 7.67. The molecule has 3 amide bonds. The Kier molecular flexibility index (Phi) is 10.6. The van der Waals surface area contributed by atoms with E-state index in [-0.39, 0.29) is 17.7 Å². The molecule has 0 radical (unpaired) electrons. The Morgan fingerprint density at radius 1 is 1.05 bits per heavy atom. The van der Waals surface area contributed by atoms with Crippen molar-refractivity contribution < 1.29 is 14.4 Å². The highest BCUT2D eigenvalue weighted by molar-refractivity contribution is 8.01. The zero-order valence-electron chi connectivity index (χ0n) is 22.1. The summed E-state index contributed by atoms with van der Waals surface area (Å²) in [7, 11) is 3.97. The van der Waals surface area contributed by atoms with Gasteiger partial charge in [0.1, 0.15) is 0 Å². The van der Waals surface area contributed by atoms with E-state index in [0.717, 1.165) is 32.3 Å². The second-order valence-corrected chi connectivity index (χ2v) is 11.4. The number of anilines is 1. The molecule has 0 spiro atoms. The maximum Gasteiger partial charge on any atom is 0.257 e. The van der Waals surface area contributed by atoms with Crippen LogP contribution in [0, 0.1) is 13.8 Å². The fraction of sp³-hybridized carbons (Fsp3) is 0.286. The molecule has 2 aromatic carbocycles. The van der Waals surface area contributed by atoms with Crippen molar-refractivity contribution in [1.82, 2.24) is 20.5 Å².